The molecule has 0 spiro atoms. The van der Waals surface area contributed by atoms with Crippen LogP contribution in [-0.2, 0) is 0 Å². The summed E-state index contributed by atoms with van der Waals surface area (Å²) in [7, 11) is 0. The number of nitrogens with zero attached hydrogens (tertiary/aromatic N) is 1. The number of aromatic nitrogens is 1. The smallest absolute Gasteiger partial charge is 0.349 e. The Morgan fingerprint density at radius 2 is 1.86 bits per heavy atom. The van der Waals surface area contributed by atoms with Gasteiger partial charge < -0.3 is 4.52 Å². The fraction of sp³-hybridized carbons (Fsp3) is 0.154. The fourth-order valence-corrected chi connectivity index (χ4v) is 2.21. The van der Waals surface area contributed by atoms with Crippen LogP contribution in [0.25, 0.3) is 11.3 Å². The van der Waals surface area contributed by atoms with Gasteiger partial charge in [0.1, 0.15) is 5.69 Å². The third-order valence-electron chi connectivity index (χ3n) is 2.33. The Kier molecular flexibility index (Phi) is 4.66. The molecule has 0 saturated carbocycles. The van der Waals surface area contributed by atoms with Crippen LogP contribution >= 0.6 is 11.8 Å². The average Bonchev–Trinajstić information content (AvgIpc) is 2.86. The zero-order valence-electron chi connectivity index (χ0n) is 10.3. The molecule has 0 radical (unpaired) electrons. The Morgan fingerprint density at radius 1 is 1.19 bits per heavy atom. The fourth-order valence-electron chi connectivity index (χ4n) is 1.46. The number of rotatable bonds is 4. The third-order valence-corrected chi connectivity index (χ3v) is 3.31. The minimum atomic E-state index is -4.87. The summed E-state index contributed by atoms with van der Waals surface area (Å²) in [6.45, 7) is 0. The standard InChI is InChI=1S/C13H8F5NOS/c14-11(15)7-10(13(16,17)18)21-12-6-9(19-20-12)8-4-2-1-3-5-8/h1-7,11H. The van der Waals surface area contributed by atoms with Crippen molar-refractivity contribution in [3.05, 3.63) is 47.4 Å². The van der Waals surface area contributed by atoms with E-state index >= 15 is 0 Å². The van der Waals surface area contributed by atoms with E-state index in [9.17, 15) is 22.0 Å². The molecule has 0 bridgehead atoms. The molecular weight excluding hydrogens is 313 g/mol. The summed E-state index contributed by atoms with van der Waals surface area (Å²) in [6.07, 6.45) is -8.23. The van der Waals surface area contributed by atoms with Gasteiger partial charge in [-0.3, -0.25) is 0 Å². The maximum atomic E-state index is 12.6. The van der Waals surface area contributed by atoms with E-state index in [0.29, 0.717) is 11.3 Å². The zero-order valence-corrected chi connectivity index (χ0v) is 11.1. The van der Waals surface area contributed by atoms with Gasteiger partial charge >= 0.3 is 6.18 Å². The van der Waals surface area contributed by atoms with Crippen LogP contribution in [-0.4, -0.2) is 17.8 Å². The molecule has 112 valence electrons. The van der Waals surface area contributed by atoms with E-state index in [1.54, 1.807) is 30.3 Å². The van der Waals surface area contributed by atoms with Crippen molar-refractivity contribution >= 4 is 11.8 Å². The van der Waals surface area contributed by atoms with Crippen LogP contribution in [0.1, 0.15) is 0 Å². The van der Waals surface area contributed by atoms with Crippen molar-refractivity contribution in [2.45, 2.75) is 17.7 Å². The first kappa shape index (κ1) is 15.6. The van der Waals surface area contributed by atoms with Crippen LogP contribution in [0.2, 0.25) is 0 Å². The van der Waals surface area contributed by atoms with Crippen LogP contribution in [0, 0.1) is 0 Å². The Balaban J connectivity index is 2.22. The van der Waals surface area contributed by atoms with Gasteiger partial charge in [-0.25, -0.2) is 8.78 Å². The highest BCUT2D eigenvalue weighted by Gasteiger charge is 2.36. The van der Waals surface area contributed by atoms with Gasteiger partial charge in [0.15, 0.2) is 5.09 Å². The monoisotopic (exact) mass is 321 g/mol. The number of hydrogen-bond acceptors (Lipinski definition) is 3. The minimum Gasteiger partial charge on any atom is -0.349 e. The van der Waals surface area contributed by atoms with Crippen molar-refractivity contribution < 1.29 is 26.5 Å². The quantitative estimate of drug-likeness (QED) is 0.576. The highest BCUT2D eigenvalue weighted by atomic mass is 32.2. The molecule has 21 heavy (non-hydrogen) atoms. The minimum absolute atomic E-state index is 0.0664. The van der Waals surface area contributed by atoms with Crippen LogP contribution < -0.4 is 0 Å². The SMILES string of the molecule is FC(F)C=C(Sc1cc(-c2ccccc2)no1)C(F)(F)F. The number of hydrogen-bond donors (Lipinski definition) is 0. The van der Waals surface area contributed by atoms with Gasteiger partial charge in [0, 0.05) is 17.7 Å². The molecule has 0 N–H and O–H groups in total. The van der Waals surface area contributed by atoms with Gasteiger partial charge in [0.05, 0.1) is 4.91 Å². The number of thioether (sulfide) groups is 1. The number of benzene rings is 1. The topological polar surface area (TPSA) is 26.0 Å². The van der Waals surface area contributed by atoms with E-state index in [-0.39, 0.29) is 22.9 Å². The van der Waals surface area contributed by atoms with Crippen molar-refractivity contribution in [2.24, 2.45) is 0 Å². The molecule has 2 rings (SSSR count). The molecule has 0 unspecified atom stereocenters. The van der Waals surface area contributed by atoms with Gasteiger partial charge in [0.2, 0.25) is 0 Å². The molecular formula is C13H8F5NOS. The van der Waals surface area contributed by atoms with E-state index in [2.05, 4.69) is 5.16 Å². The van der Waals surface area contributed by atoms with Crippen molar-refractivity contribution in [1.29, 1.82) is 0 Å². The molecule has 1 aromatic carbocycles. The molecule has 0 aliphatic carbocycles. The normalized spacial score (nSPS) is 13.0. The zero-order chi connectivity index (χ0) is 15.5. The second kappa shape index (κ2) is 6.30. The second-order valence-corrected chi connectivity index (χ2v) is 4.91. The lowest BCUT2D eigenvalue weighted by Crippen LogP contribution is -2.10. The van der Waals surface area contributed by atoms with Crippen LogP contribution in [0.4, 0.5) is 22.0 Å². The van der Waals surface area contributed by atoms with Crippen molar-refractivity contribution in [3.63, 3.8) is 0 Å². The third kappa shape index (κ3) is 4.32. The summed E-state index contributed by atoms with van der Waals surface area (Å²) in [4.78, 5) is -1.44. The van der Waals surface area contributed by atoms with Gasteiger partial charge in [0.25, 0.3) is 6.43 Å². The van der Waals surface area contributed by atoms with Crippen molar-refractivity contribution in [3.8, 4) is 11.3 Å². The van der Waals surface area contributed by atoms with Gasteiger partial charge in [-0.05, 0) is 11.8 Å². The molecule has 2 nitrogen and oxygen atoms in total. The van der Waals surface area contributed by atoms with E-state index in [4.69, 9.17) is 4.52 Å². The molecule has 8 heteroatoms. The van der Waals surface area contributed by atoms with Gasteiger partial charge in [-0.15, -0.1) is 0 Å². The van der Waals surface area contributed by atoms with E-state index < -0.39 is 17.5 Å². The number of halogens is 5. The Morgan fingerprint density at radius 3 is 2.43 bits per heavy atom. The molecule has 0 fully saturated rings. The summed E-state index contributed by atoms with van der Waals surface area (Å²) in [5.74, 6) is 0. The first-order chi connectivity index (χ1) is 9.86. The van der Waals surface area contributed by atoms with E-state index in [0.717, 1.165) is 0 Å². The van der Waals surface area contributed by atoms with Crippen LogP contribution in [0.15, 0.2) is 57.0 Å². The molecule has 0 amide bonds. The number of alkyl halides is 5. The second-order valence-electron chi connectivity index (χ2n) is 3.86. The molecule has 0 saturated heterocycles. The molecule has 0 aliphatic heterocycles. The van der Waals surface area contributed by atoms with Gasteiger partial charge in [-0.2, -0.15) is 13.2 Å². The van der Waals surface area contributed by atoms with E-state index in [1.807, 2.05) is 0 Å². The number of allylic oxidation sites excluding steroid dienone is 2. The summed E-state index contributed by atoms with van der Waals surface area (Å²) < 4.78 is 66.9. The van der Waals surface area contributed by atoms with Gasteiger partial charge in [-0.1, -0.05) is 35.5 Å². The predicted molar refractivity (Wildman–Crippen MR) is 67.9 cm³/mol. The molecule has 0 aliphatic rings. The molecule has 2 aromatic rings. The van der Waals surface area contributed by atoms with Crippen molar-refractivity contribution in [2.75, 3.05) is 0 Å². The highest BCUT2D eigenvalue weighted by Crippen LogP contribution is 2.40. The lowest BCUT2D eigenvalue weighted by atomic mass is 10.2. The molecule has 1 aromatic heterocycles. The largest absolute Gasteiger partial charge is 0.422 e. The first-order valence-corrected chi connectivity index (χ1v) is 6.45. The summed E-state index contributed by atoms with van der Waals surface area (Å²) in [5.41, 5.74) is 0.983. The lowest BCUT2D eigenvalue weighted by molar-refractivity contribution is -0.0847. The Labute approximate surface area is 120 Å². The van der Waals surface area contributed by atoms with Crippen LogP contribution in [0.3, 0.4) is 0 Å². The predicted octanol–water partition coefficient (Wildman–Crippen LogP) is 5.15. The highest BCUT2D eigenvalue weighted by molar-refractivity contribution is 8.03. The Hall–Kier alpha value is -1.83. The van der Waals surface area contributed by atoms with Crippen LogP contribution in [0.5, 0.6) is 0 Å². The first-order valence-electron chi connectivity index (χ1n) is 5.63. The summed E-state index contributed by atoms with van der Waals surface area (Å²) >= 11 is 0.0664. The lowest BCUT2D eigenvalue weighted by Gasteiger charge is -2.08. The van der Waals surface area contributed by atoms with E-state index in [1.165, 1.54) is 6.07 Å². The summed E-state index contributed by atoms with van der Waals surface area (Å²) in [6, 6.07) is 9.90. The average molecular weight is 321 g/mol. The maximum Gasteiger partial charge on any atom is 0.422 e. The summed E-state index contributed by atoms with van der Waals surface area (Å²) in [5, 5.41) is 3.41. The maximum absolute atomic E-state index is 12.6. The molecule has 1 heterocycles. The Bertz CT molecular complexity index is 621. The molecule has 0 atom stereocenters. The van der Waals surface area contributed by atoms with Crippen molar-refractivity contribution in [1.82, 2.24) is 5.16 Å².